The normalized spacial score (nSPS) is 18.3. The van der Waals surface area contributed by atoms with Gasteiger partial charge in [-0.3, -0.25) is 9.59 Å². The molecule has 0 heterocycles. The highest BCUT2D eigenvalue weighted by atomic mass is 35.5. The van der Waals surface area contributed by atoms with E-state index in [-0.39, 0.29) is 16.3 Å². The molecule has 35 heavy (non-hydrogen) atoms. The smallest absolute Gasteiger partial charge is 0.231 e. The first-order valence-electron chi connectivity index (χ1n) is 10.1. The fraction of sp³-hybridized carbons (Fsp3) is 0.167. The van der Waals surface area contributed by atoms with E-state index in [9.17, 15) is 22.8 Å². The molecule has 0 aliphatic heterocycles. The van der Waals surface area contributed by atoms with Gasteiger partial charge in [-0.2, -0.15) is 0 Å². The van der Waals surface area contributed by atoms with Crippen LogP contribution in [0.15, 0.2) is 48.5 Å². The number of hydrogen-bond acceptors (Lipinski definition) is 3. The van der Waals surface area contributed by atoms with Crippen LogP contribution in [-0.2, 0) is 11.2 Å². The molecule has 3 N–H and O–H groups in total. The predicted molar refractivity (Wildman–Crippen MR) is 131 cm³/mol. The predicted octanol–water partition coefficient (Wildman–Crippen LogP) is 6.94. The van der Waals surface area contributed by atoms with E-state index < -0.39 is 63.0 Å². The average molecular weight is 562 g/mol. The van der Waals surface area contributed by atoms with Crippen molar-refractivity contribution in [3.05, 3.63) is 92.7 Å². The number of nitrogen functional groups attached to an aromatic ring is 1. The van der Waals surface area contributed by atoms with Gasteiger partial charge in [0, 0.05) is 18.0 Å². The zero-order chi connectivity index (χ0) is 25.7. The average Bonchev–Trinajstić information content (AvgIpc) is 3.39. The second-order valence-electron chi connectivity index (χ2n) is 8.02. The summed E-state index contributed by atoms with van der Waals surface area (Å²) in [7, 11) is 0. The Bertz CT molecular complexity index is 1370. The van der Waals surface area contributed by atoms with Gasteiger partial charge >= 0.3 is 0 Å². The van der Waals surface area contributed by atoms with Crippen molar-refractivity contribution < 1.29 is 22.8 Å². The molecule has 0 saturated heterocycles. The molecule has 0 aromatic heterocycles. The van der Waals surface area contributed by atoms with Crippen LogP contribution in [0, 0.1) is 23.4 Å². The van der Waals surface area contributed by atoms with Crippen molar-refractivity contribution in [3.63, 3.8) is 0 Å². The standard InChI is InChI=1S/C24H15Cl4F3N2O2/c25-14-4-1-10(7-15(14)26)19-20(24(19,27)28)23(35)33-12-3-6-16(29)13(9-12)18(34)8-11-2-5-17(30)22(32)21(11)31/h1-7,9,19-20H,8,32H2,(H,33,35)/t19-,20+/m0/s1. The third kappa shape index (κ3) is 4.96. The molecule has 11 heteroatoms. The molecule has 1 amide bonds. The number of hydrogen-bond donors (Lipinski definition) is 2. The van der Waals surface area contributed by atoms with Gasteiger partial charge in [0.1, 0.15) is 21.7 Å². The van der Waals surface area contributed by atoms with Crippen LogP contribution < -0.4 is 11.1 Å². The monoisotopic (exact) mass is 560 g/mol. The summed E-state index contributed by atoms with van der Waals surface area (Å²) in [6.07, 6.45) is -0.570. The summed E-state index contributed by atoms with van der Waals surface area (Å²) in [6.45, 7) is 0. The summed E-state index contributed by atoms with van der Waals surface area (Å²) in [5.41, 5.74) is 4.70. The van der Waals surface area contributed by atoms with Crippen LogP contribution in [0.25, 0.3) is 0 Å². The molecule has 1 aliphatic rings. The SMILES string of the molecule is Nc1c(F)ccc(CC(=O)c2cc(NC(=O)[C@H]3[C@H](c4ccc(Cl)c(Cl)c4)C3(Cl)Cl)ccc2F)c1F. The molecule has 182 valence electrons. The van der Waals surface area contributed by atoms with Gasteiger partial charge in [-0.1, -0.05) is 35.3 Å². The highest BCUT2D eigenvalue weighted by molar-refractivity contribution is 6.53. The van der Waals surface area contributed by atoms with Gasteiger partial charge in [-0.15, -0.1) is 23.2 Å². The molecule has 2 atom stereocenters. The minimum atomic E-state index is -1.42. The first-order chi connectivity index (χ1) is 16.4. The molecular formula is C24H15Cl4F3N2O2. The van der Waals surface area contributed by atoms with Gasteiger partial charge < -0.3 is 11.1 Å². The Labute approximate surface area is 218 Å². The zero-order valence-electron chi connectivity index (χ0n) is 17.5. The molecular weight excluding hydrogens is 547 g/mol. The fourth-order valence-electron chi connectivity index (χ4n) is 3.83. The van der Waals surface area contributed by atoms with Gasteiger partial charge in [0.05, 0.1) is 21.5 Å². The third-order valence-corrected chi connectivity index (χ3v) is 7.41. The van der Waals surface area contributed by atoms with Crippen LogP contribution in [-0.4, -0.2) is 16.0 Å². The number of carbonyl (C=O) groups is 2. The second-order valence-corrected chi connectivity index (χ2v) is 10.3. The van der Waals surface area contributed by atoms with E-state index in [1.165, 1.54) is 6.07 Å². The van der Waals surface area contributed by atoms with Crippen molar-refractivity contribution in [2.45, 2.75) is 16.7 Å². The molecule has 1 fully saturated rings. The van der Waals surface area contributed by atoms with E-state index in [4.69, 9.17) is 52.1 Å². The quantitative estimate of drug-likeness (QED) is 0.194. The lowest BCUT2D eigenvalue weighted by molar-refractivity contribution is -0.117. The van der Waals surface area contributed by atoms with E-state index in [1.54, 1.807) is 18.2 Å². The third-order valence-electron chi connectivity index (χ3n) is 5.73. The minimum absolute atomic E-state index is 0.0998. The highest BCUT2D eigenvalue weighted by Gasteiger charge is 2.67. The molecule has 3 aromatic carbocycles. The zero-order valence-corrected chi connectivity index (χ0v) is 20.5. The van der Waals surface area contributed by atoms with Crippen LogP contribution in [0.5, 0.6) is 0 Å². The van der Waals surface area contributed by atoms with Gasteiger partial charge in [0.25, 0.3) is 0 Å². The molecule has 4 nitrogen and oxygen atoms in total. The van der Waals surface area contributed by atoms with E-state index in [2.05, 4.69) is 5.32 Å². The lowest BCUT2D eigenvalue weighted by Crippen LogP contribution is -2.18. The first-order valence-corrected chi connectivity index (χ1v) is 11.6. The van der Waals surface area contributed by atoms with Crippen molar-refractivity contribution in [1.82, 2.24) is 0 Å². The van der Waals surface area contributed by atoms with Crippen molar-refractivity contribution in [2.24, 2.45) is 5.92 Å². The number of carbonyl (C=O) groups excluding carboxylic acids is 2. The molecule has 0 unspecified atom stereocenters. The highest BCUT2D eigenvalue weighted by Crippen LogP contribution is 2.65. The summed E-state index contributed by atoms with van der Waals surface area (Å²) in [5.74, 6) is -5.74. The summed E-state index contributed by atoms with van der Waals surface area (Å²) >= 11 is 24.7. The Morgan fingerprint density at radius 3 is 2.31 bits per heavy atom. The second kappa shape index (κ2) is 9.54. The van der Waals surface area contributed by atoms with Gasteiger partial charge in [-0.05, 0) is 47.5 Å². The van der Waals surface area contributed by atoms with E-state index in [1.807, 2.05) is 0 Å². The number of benzene rings is 3. The number of nitrogens with one attached hydrogen (secondary N) is 1. The maximum absolute atomic E-state index is 14.4. The molecule has 1 saturated carbocycles. The fourth-order valence-corrected chi connectivity index (χ4v) is 4.96. The number of halogens is 7. The summed E-state index contributed by atoms with van der Waals surface area (Å²) in [4.78, 5) is 25.5. The van der Waals surface area contributed by atoms with Gasteiger partial charge in [0.15, 0.2) is 11.6 Å². The van der Waals surface area contributed by atoms with Crippen molar-refractivity contribution in [3.8, 4) is 0 Å². The molecule has 1 aliphatic carbocycles. The van der Waals surface area contributed by atoms with E-state index >= 15 is 0 Å². The van der Waals surface area contributed by atoms with Gasteiger partial charge in [-0.25, -0.2) is 13.2 Å². The maximum atomic E-state index is 14.4. The number of rotatable bonds is 6. The Balaban J connectivity index is 1.52. The van der Waals surface area contributed by atoms with Gasteiger partial charge in [0.2, 0.25) is 5.91 Å². The number of anilines is 2. The van der Waals surface area contributed by atoms with Crippen LogP contribution >= 0.6 is 46.4 Å². The van der Waals surface area contributed by atoms with Crippen molar-refractivity contribution in [1.29, 1.82) is 0 Å². The van der Waals surface area contributed by atoms with Crippen LogP contribution in [0.4, 0.5) is 24.5 Å². The lowest BCUT2D eigenvalue weighted by atomic mass is 10.0. The van der Waals surface area contributed by atoms with Crippen LogP contribution in [0.1, 0.15) is 27.4 Å². The van der Waals surface area contributed by atoms with Crippen LogP contribution in [0.3, 0.4) is 0 Å². The molecule has 0 bridgehead atoms. The van der Waals surface area contributed by atoms with Crippen molar-refractivity contribution in [2.75, 3.05) is 11.1 Å². The summed E-state index contributed by atoms with van der Waals surface area (Å²) in [6, 6.07) is 10.1. The van der Waals surface area contributed by atoms with E-state index in [0.29, 0.717) is 10.6 Å². The Hall–Kier alpha value is -2.45. The Kier molecular flexibility index (Phi) is 6.99. The maximum Gasteiger partial charge on any atom is 0.231 e. The number of Topliss-reactive ketones (excluding diaryl/α,β-unsaturated/α-hetero) is 1. The number of ketones is 1. The summed E-state index contributed by atoms with van der Waals surface area (Å²) in [5, 5.41) is 3.18. The number of alkyl halides is 2. The topological polar surface area (TPSA) is 72.2 Å². The largest absolute Gasteiger partial charge is 0.394 e. The molecule has 0 radical (unpaired) electrons. The van der Waals surface area contributed by atoms with E-state index in [0.717, 1.165) is 24.3 Å². The van der Waals surface area contributed by atoms with Crippen molar-refractivity contribution >= 4 is 69.5 Å². The number of nitrogens with two attached hydrogens (primary N) is 1. The first kappa shape index (κ1) is 25.6. The molecule has 0 spiro atoms. The Morgan fingerprint density at radius 2 is 1.63 bits per heavy atom. The number of amides is 1. The molecule has 4 rings (SSSR count). The summed E-state index contributed by atoms with van der Waals surface area (Å²) < 4.78 is 40.5. The van der Waals surface area contributed by atoms with Crippen LogP contribution in [0.2, 0.25) is 10.0 Å². The lowest BCUT2D eigenvalue weighted by Gasteiger charge is -2.10. The Morgan fingerprint density at radius 1 is 0.943 bits per heavy atom. The minimum Gasteiger partial charge on any atom is -0.394 e. The molecule has 3 aromatic rings.